The van der Waals surface area contributed by atoms with Crippen molar-refractivity contribution in [2.75, 3.05) is 10.1 Å². The molecular weight excluding hydrogens is 246 g/mol. The molecule has 1 aromatic carbocycles. The second kappa shape index (κ2) is 4.03. The third-order valence-electron chi connectivity index (χ3n) is 1.90. The molecule has 0 aliphatic heterocycles. The summed E-state index contributed by atoms with van der Waals surface area (Å²) >= 11 is 0. The van der Waals surface area contributed by atoms with Gasteiger partial charge in [0.15, 0.2) is 0 Å². The first-order valence-corrected chi connectivity index (χ1v) is 5.86. The average Bonchev–Trinajstić information content (AvgIpc) is 2.69. The minimum Gasteiger partial charge on any atom is -0.399 e. The van der Waals surface area contributed by atoms with Gasteiger partial charge in [-0.25, -0.2) is 4.98 Å². The first-order chi connectivity index (χ1) is 7.98. The molecule has 0 atom stereocenters. The Morgan fingerprint density at radius 1 is 1.41 bits per heavy atom. The van der Waals surface area contributed by atoms with Crippen molar-refractivity contribution in [1.82, 2.24) is 14.9 Å². The zero-order valence-electron chi connectivity index (χ0n) is 8.50. The molecule has 8 nitrogen and oxygen atoms in total. The fraction of sp³-hybridized carbons (Fsp3) is 0. The number of nitrogens with two attached hydrogens (primary N) is 1. The Bertz CT molecular complexity index is 610. The quantitative estimate of drug-likeness (QED) is 0.586. The zero-order valence-corrected chi connectivity index (χ0v) is 9.32. The van der Waals surface area contributed by atoms with Crippen LogP contribution in [0.2, 0.25) is 0 Å². The summed E-state index contributed by atoms with van der Waals surface area (Å²) in [7, 11) is -4.52. The number of rotatable bonds is 3. The van der Waals surface area contributed by atoms with Gasteiger partial charge >= 0.3 is 10.3 Å². The lowest BCUT2D eigenvalue weighted by Crippen LogP contribution is -2.35. The fourth-order valence-electron chi connectivity index (χ4n) is 1.30. The van der Waals surface area contributed by atoms with Gasteiger partial charge in [-0.3, -0.25) is 4.55 Å². The van der Waals surface area contributed by atoms with Crippen LogP contribution in [0.1, 0.15) is 0 Å². The summed E-state index contributed by atoms with van der Waals surface area (Å²) in [6.45, 7) is 0. The van der Waals surface area contributed by atoms with E-state index in [4.69, 9.17) is 10.3 Å². The summed E-state index contributed by atoms with van der Waals surface area (Å²) in [4.78, 5) is 4.49. The molecule has 0 spiro atoms. The van der Waals surface area contributed by atoms with Crippen LogP contribution >= 0.6 is 0 Å². The van der Waals surface area contributed by atoms with E-state index in [9.17, 15) is 8.42 Å². The molecule has 1 heterocycles. The first kappa shape index (κ1) is 11.4. The highest BCUT2D eigenvalue weighted by molar-refractivity contribution is 7.87. The number of benzene rings is 1. The van der Waals surface area contributed by atoms with Crippen LogP contribution in [-0.4, -0.2) is 27.8 Å². The Morgan fingerprint density at radius 3 is 2.71 bits per heavy atom. The number of nitrogens with zero attached hydrogens (tertiary/aromatic N) is 4. The highest BCUT2D eigenvalue weighted by Crippen LogP contribution is 2.20. The van der Waals surface area contributed by atoms with Crippen molar-refractivity contribution in [3.05, 3.63) is 36.9 Å². The van der Waals surface area contributed by atoms with Gasteiger partial charge in [-0.2, -0.15) is 8.42 Å². The van der Waals surface area contributed by atoms with Crippen molar-refractivity contribution >= 4 is 21.7 Å². The van der Waals surface area contributed by atoms with Crippen molar-refractivity contribution in [1.29, 1.82) is 0 Å². The van der Waals surface area contributed by atoms with Crippen LogP contribution in [0.5, 0.6) is 0 Å². The van der Waals surface area contributed by atoms with E-state index in [1.807, 2.05) is 0 Å². The third-order valence-corrected chi connectivity index (χ3v) is 2.72. The van der Waals surface area contributed by atoms with Crippen LogP contribution < -0.4 is 10.1 Å². The lowest BCUT2D eigenvalue weighted by atomic mass is 10.3. The molecule has 0 amide bonds. The van der Waals surface area contributed by atoms with E-state index < -0.39 is 10.3 Å². The van der Waals surface area contributed by atoms with Crippen LogP contribution in [-0.2, 0) is 10.3 Å². The maximum atomic E-state index is 11.3. The topological polar surface area (TPSA) is 114 Å². The van der Waals surface area contributed by atoms with Gasteiger partial charge in [-0.05, 0) is 18.2 Å². The number of hydrogen-bond donors (Lipinski definition) is 2. The first-order valence-electron chi connectivity index (χ1n) is 4.46. The van der Waals surface area contributed by atoms with E-state index in [1.54, 1.807) is 12.1 Å². The van der Waals surface area contributed by atoms with Gasteiger partial charge in [-0.1, -0.05) is 6.07 Å². The zero-order chi connectivity index (χ0) is 12.5. The van der Waals surface area contributed by atoms with Crippen LogP contribution in [0.15, 0.2) is 36.9 Å². The predicted molar refractivity (Wildman–Crippen MR) is 60.3 cm³/mol. The number of anilines is 2. The second-order valence-corrected chi connectivity index (χ2v) is 4.37. The molecule has 3 N–H and O–H groups in total. The Kier molecular flexibility index (Phi) is 2.69. The van der Waals surface area contributed by atoms with Crippen molar-refractivity contribution in [3.63, 3.8) is 0 Å². The Morgan fingerprint density at radius 2 is 2.18 bits per heavy atom. The number of hydrogen-bond acceptors (Lipinski definition) is 5. The van der Waals surface area contributed by atoms with Gasteiger partial charge in [0, 0.05) is 5.69 Å². The van der Waals surface area contributed by atoms with E-state index in [2.05, 4.69) is 10.1 Å². The minimum absolute atomic E-state index is 0.151. The van der Waals surface area contributed by atoms with Crippen molar-refractivity contribution in [2.45, 2.75) is 0 Å². The minimum atomic E-state index is -4.52. The molecule has 0 aliphatic carbocycles. The molecule has 0 unspecified atom stereocenters. The standard InChI is InChI=1S/C8H9N5O3S/c9-7-2-1-3-8(4-7)13(17(14,15)16)12-6-10-5-11-12/h1-6H,9H2,(H,14,15,16). The summed E-state index contributed by atoms with van der Waals surface area (Å²) in [6.07, 6.45) is 2.28. The summed E-state index contributed by atoms with van der Waals surface area (Å²) in [5, 5.41) is 3.64. The monoisotopic (exact) mass is 255 g/mol. The molecule has 0 aliphatic rings. The Labute approximate surface area is 97.1 Å². The normalized spacial score (nSPS) is 11.4. The smallest absolute Gasteiger partial charge is 0.379 e. The number of nitrogen functional groups attached to an aromatic ring is 1. The van der Waals surface area contributed by atoms with E-state index in [-0.39, 0.29) is 5.69 Å². The van der Waals surface area contributed by atoms with E-state index in [1.165, 1.54) is 12.1 Å². The van der Waals surface area contributed by atoms with E-state index in [0.717, 1.165) is 17.4 Å². The van der Waals surface area contributed by atoms with Crippen LogP contribution in [0, 0.1) is 0 Å². The molecule has 0 saturated heterocycles. The van der Waals surface area contributed by atoms with Crippen LogP contribution in [0.25, 0.3) is 0 Å². The number of aromatic nitrogens is 3. The predicted octanol–water partition coefficient (Wildman–Crippen LogP) is -0.0672. The van der Waals surface area contributed by atoms with Gasteiger partial charge in [-0.15, -0.1) is 14.3 Å². The molecule has 17 heavy (non-hydrogen) atoms. The van der Waals surface area contributed by atoms with Gasteiger partial charge in [0.2, 0.25) is 0 Å². The van der Waals surface area contributed by atoms with Gasteiger partial charge in [0.25, 0.3) is 0 Å². The third kappa shape index (κ3) is 2.34. The summed E-state index contributed by atoms with van der Waals surface area (Å²) in [5.41, 5.74) is 6.05. The van der Waals surface area contributed by atoms with Gasteiger partial charge < -0.3 is 5.73 Å². The maximum absolute atomic E-state index is 11.3. The fourth-order valence-corrected chi connectivity index (χ4v) is 1.97. The van der Waals surface area contributed by atoms with E-state index >= 15 is 0 Å². The summed E-state index contributed by atoms with van der Waals surface area (Å²) in [6, 6.07) is 5.99. The molecule has 90 valence electrons. The van der Waals surface area contributed by atoms with Gasteiger partial charge in [0.1, 0.15) is 12.7 Å². The largest absolute Gasteiger partial charge is 0.399 e. The molecule has 0 bridgehead atoms. The molecule has 2 rings (SSSR count). The molecule has 9 heteroatoms. The molecule has 0 radical (unpaired) electrons. The van der Waals surface area contributed by atoms with E-state index in [0.29, 0.717) is 10.1 Å². The van der Waals surface area contributed by atoms with Crippen molar-refractivity contribution in [2.24, 2.45) is 0 Å². The summed E-state index contributed by atoms with van der Waals surface area (Å²) in [5.74, 6) is 0. The summed E-state index contributed by atoms with van der Waals surface area (Å²) < 4.78 is 32.3. The van der Waals surface area contributed by atoms with Crippen molar-refractivity contribution < 1.29 is 13.0 Å². The lowest BCUT2D eigenvalue weighted by molar-refractivity contribution is 0.467. The second-order valence-electron chi connectivity index (χ2n) is 3.13. The maximum Gasteiger partial charge on any atom is 0.379 e. The molecule has 0 saturated carbocycles. The Balaban J connectivity index is 2.57. The highest BCUT2D eigenvalue weighted by atomic mass is 32.2. The average molecular weight is 255 g/mol. The molecular formula is C8H9N5O3S. The highest BCUT2D eigenvalue weighted by Gasteiger charge is 2.22. The lowest BCUT2D eigenvalue weighted by Gasteiger charge is -2.19. The van der Waals surface area contributed by atoms with Crippen LogP contribution in [0.3, 0.4) is 0 Å². The molecule has 0 fully saturated rings. The van der Waals surface area contributed by atoms with Crippen molar-refractivity contribution in [3.8, 4) is 0 Å². The molecule has 1 aromatic heterocycles. The van der Waals surface area contributed by atoms with Crippen LogP contribution in [0.4, 0.5) is 11.4 Å². The van der Waals surface area contributed by atoms with Gasteiger partial charge in [0.05, 0.1) is 5.69 Å². The molecule has 2 aromatic rings. The Hall–Kier alpha value is -2.13. The SMILES string of the molecule is Nc1cccc(N(n2cncn2)S(=O)(=O)O)c1.